The number of benzene rings is 3. The van der Waals surface area contributed by atoms with Crippen molar-refractivity contribution >= 4 is 21.6 Å². The van der Waals surface area contributed by atoms with Crippen molar-refractivity contribution in [1.29, 1.82) is 0 Å². The van der Waals surface area contributed by atoms with Crippen molar-refractivity contribution in [3.05, 3.63) is 82.9 Å². The summed E-state index contributed by atoms with van der Waals surface area (Å²) in [5, 5.41) is 3.07. The average Bonchev–Trinajstić information content (AvgIpc) is 2.94. The highest BCUT2D eigenvalue weighted by Gasteiger charge is 2.30. The quantitative estimate of drug-likeness (QED) is 0.377. The predicted molar refractivity (Wildman–Crippen MR) is 150 cm³/mol. The van der Waals surface area contributed by atoms with Crippen LogP contribution in [0.25, 0.3) is 0 Å². The van der Waals surface area contributed by atoms with Crippen molar-refractivity contribution in [3.63, 3.8) is 0 Å². The molecule has 0 aliphatic heterocycles. The fourth-order valence-corrected chi connectivity index (χ4v) is 6.31. The Morgan fingerprint density at radius 2 is 1.66 bits per heavy atom. The smallest absolute Gasteiger partial charge is 0.264 e. The maximum atomic E-state index is 13.9. The first-order chi connectivity index (χ1) is 18.3. The van der Waals surface area contributed by atoms with E-state index in [1.165, 1.54) is 38.2 Å². The number of carbonyl (C=O) groups excluding carboxylic acids is 1. The number of anilines is 1. The molecule has 7 nitrogen and oxygen atoms in total. The van der Waals surface area contributed by atoms with Gasteiger partial charge in [0.05, 0.1) is 30.8 Å². The Kier molecular flexibility index (Phi) is 8.62. The molecule has 4 rings (SSSR count). The molecule has 0 radical (unpaired) electrons. The number of sulfonamides is 1. The van der Waals surface area contributed by atoms with Gasteiger partial charge in [0.25, 0.3) is 10.0 Å². The maximum absolute atomic E-state index is 13.9. The van der Waals surface area contributed by atoms with Crippen molar-refractivity contribution < 1.29 is 22.7 Å². The van der Waals surface area contributed by atoms with E-state index in [0.717, 1.165) is 28.3 Å². The zero-order valence-electron chi connectivity index (χ0n) is 22.5. The number of ether oxygens (including phenoxy) is 2. The monoisotopic (exact) mass is 536 g/mol. The minimum Gasteiger partial charge on any atom is -0.497 e. The van der Waals surface area contributed by atoms with Crippen molar-refractivity contribution in [1.82, 2.24) is 5.32 Å². The van der Waals surface area contributed by atoms with Gasteiger partial charge in [-0.15, -0.1) is 0 Å². The third-order valence-corrected chi connectivity index (χ3v) is 8.84. The third-order valence-electron chi connectivity index (χ3n) is 7.07. The van der Waals surface area contributed by atoms with E-state index in [1.54, 1.807) is 42.5 Å². The number of hydrogen-bond donors (Lipinski definition) is 1. The minimum atomic E-state index is -4.11. The molecule has 202 valence electrons. The second kappa shape index (κ2) is 11.9. The van der Waals surface area contributed by atoms with Crippen molar-refractivity contribution in [3.8, 4) is 11.5 Å². The highest BCUT2D eigenvalue weighted by molar-refractivity contribution is 7.92. The molecule has 1 aliphatic rings. The summed E-state index contributed by atoms with van der Waals surface area (Å²) in [5.41, 5.74) is 4.91. The van der Waals surface area contributed by atoms with Gasteiger partial charge in [0.1, 0.15) is 18.0 Å². The van der Waals surface area contributed by atoms with Crippen LogP contribution in [-0.2, 0) is 27.7 Å². The second-order valence-corrected chi connectivity index (χ2v) is 11.5. The van der Waals surface area contributed by atoms with Gasteiger partial charge < -0.3 is 14.8 Å². The number of methoxy groups -OCH3 is 2. The average molecular weight is 537 g/mol. The van der Waals surface area contributed by atoms with E-state index in [1.807, 2.05) is 13.8 Å². The summed E-state index contributed by atoms with van der Waals surface area (Å²) in [6.45, 7) is 3.48. The fraction of sp³-hybridized carbons (Fsp3) is 0.367. The van der Waals surface area contributed by atoms with E-state index >= 15 is 0 Å². The van der Waals surface area contributed by atoms with Gasteiger partial charge in [-0.05, 0) is 80.0 Å². The molecule has 0 spiro atoms. The molecule has 1 N–H and O–H groups in total. The van der Waals surface area contributed by atoms with Crippen LogP contribution in [0, 0.1) is 6.92 Å². The summed E-state index contributed by atoms with van der Waals surface area (Å²) in [6.07, 6.45) is 5.20. The third kappa shape index (κ3) is 5.96. The largest absolute Gasteiger partial charge is 0.497 e. The number of carbonyl (C=O) groups is 1. The van der Waals surface area contributed by atoms with Crippen LogP contribution in [0.15, 0.2) is 65.6 Å². The molecule has 3 aromatic rings. The first-order valence-corrected chi connectivity index (χ1v) is 14.4. The second-order valence-electron chi connectivity index (χ2n) is 9.63. The lowest BCUT2D eigenvalue weighted by Crippen LogP contribution is -2.42. The zero-order valence-corrected chi connectivity index (χ0v) is 23.3. The first kappa shape index (κ1) is 27.5. The Bertz CT molecular complexity index is 1390. The van der Waals surface area contributed by atoms with E-state index in [4.69, 9.17) is 9.47 Å². The number of aryl methyl sites for hydroxylation is 3. The normalized spacial score (nSPS) is 13.8. The lowest BCUT2D eigenvalue weighted by Gasteiger charge is -2.27. The van der Waals surface area contributed by atoms with Crippen molar-refractivity contribution in [2.24, 2.45) is 0 Å². The van der Waals surface area contributed by atoms with Crippen molar-refractivity contribution in [2.45, 2.75) is 56.9 Å². The molecule has 0 unspecified atom stereocenters. The van der Waals surface area contributed by atoms with E-state index in [2.05, 4.69) is 23.5 Å². The number of amides is 1. The Morgan fingerprint density at radius 1 is 0.947 bits per heavy atom. The number of nitrogens with zero attached hydrogens (tertiary/aromatic N) is 1. The Balaban J connectivity index is 1.67. The van der Waals surface area contributed by atoms with Gasteiger partial charge in [0, 0.05) is 6.07 Å². The minimum absolute atomic E-state index is 0.0856. The standard InChI is InChI=1S/C30H36N2O5S/c1-5-27(24-13-12-22-8-6-7-9-23(22)18-24)31-30(33)20-32(28-19-25(36-3)14-17-29(28)37-4)38(34,35)26-15-10-21(2)11-16-26/h10-19,27H,5-9,20H2,1-4H3,(H,31,33)/t27-/m1/s1. The maximum Gasteiger partial charge on any atom is 0.264 e. The molecule has 0 saturated heterocycles. The van der Waals surface area contributed by atoms with Gasteiger partial charge in [-0.3, -0.25) is 9.10 Å². The summed E-state index contributed by atoms with van der Waals surface area (Å²) in [7, 11) is -1.14. The SMILES string of the molecule is CC[C@@H](NC(=O)CN(c1cc(OC)ccc1OC)S(=O)(=O)c1ccc(C)cc1)c1ccc2c(c1)CCCC2. The molecule has 38 heavy (non-hydrogen) atoms. The van der Waals surface area contributed by atoms with Crippen LogP contribution in [0.4, 0.5) is 5.69 Å². The van der Waals surface area contributed by atoms with E-state index in [-0.39, 0.29) is 16.6 Å². The van der Waals surface area contributed by atoms with Crippen LogP contribution in [0.5, 0.6) is 11.5 Å². The van der Waals surface area contributed by atoms with E-state index in [0.29, 0.717) is 17.9 Å². The molecule has 1 amide bonds. The summed E-state index contributed by atoms with van der Waals surface area (Å²) in [4.78, 5) is 13.5. The summed E-state index contributed by atoms with van der Waals surface area (Å²) in [5.74, 6) is 0.358. The topological polar surface area (TPSA) is 84.9 Å². The summed E-state index contributed by atoms with van der Waals surface area (Å²) in [6, 6.07) is 17.6. The number of hydrogen-bond acceptors (Lipinski definition) is 5. The molecule has 0 saturated carbocycles. The van der Waals surface area contributed by atoms with Gasteiger partial charge in [0.15, 0.2) is 0 Å². The predicted octanol–water partition coefficient (Wildman–Crippen LogP) is 5.35. The molecular formula is C30H36N2O5S. The van der Waals surface area contributed by atoms with Gasteiger partial charge in [-0.25, -0.2) is 8.42 Å². The van der Waals surface area contributed by atoms with E-state index < -0.39 is 22.5 Å². The van der Waals surface area contributed by atoms with Crippen LogP contribution < -0.4 is 19.1 Å². The zero-order chi connectivity index (χ0) is 27.3. The van der Waals surface area contributed by atoms with Crippen LogP contribution >= 0.6 is 0 Å². The molecule has 8 heteroatoms. The lowest BCUT2D eigenvalue weighted by molar-refractivity contribution is -0.120. The van der Waals surface area contributed by atoms with Gasteiger partial charge in [-0.2, -0.15) is 0 Å². The fourth-order valence-electron chi connectivity index (χ4n) is 4.89. The van der Waals surface area contributed by atoms with Crippen molar-refractivity contribution in [2.75, 3.05) is 25.1 Å². The van der Waals surface area contributed by atoms with Crippen LogP contribution in [0.2, 0.25) is 0 Å². The molecular weight excluding hydrogens is 500 g/mol. The highest BCUT2D eigenvalue weighted by Crippen LogP contribution is 2.36. The first-order valence-electron chi connectivity index (χ1n) is 13.0. The Morgan fingerprint density at radius 3 is 2.32 bits per heavy atom. The molecule has 0 heterocycles. The molecule has 1 aliphatic carbocycles. The summed E-state index contributed by atoms with van der Waals surface area (Å²) < 4.78 is 39.7. The molecule has 3 aromatic carbocycles. The Labute approximate surface area is 225 Å². The van der Waals surface area contributed by atoms with Crippen LogP contribution in [0.1, 0.15) is 54.5 Å². The van der Waals surface area contributed by atoms with Gasteiger partial charge in [0.2, 0.25) is 5.91 Å². The molecule has 1 atom stereocenters. The lowest BCUT2D eigenvalue weighted by atomic mass is 9.89. The number of rotatable bonds is 10. The van der Waals surface area contributed by atoms with Crippen LogP contribution in [0.3, 0.4) is 0 Å². The summed E-state index contributed by atoms with van der Waals surface area (Å²) >= 11 is 0. The molecule has 0 aromatic heterocycles. The Hall–Kier alpha value is -3.52. The molecule has 0 fully saturated rings. The number of fused-ring (bicyclic) bond motifs is 1. The van der Waals surface area contributed by atoms with E-state index in [9.17, 15) is 13.2 Å². The van der Waals surface area contributed by atoms with Crippen LogP contribution in [-0.4, -0.2) is 35.1 Å². The van der Waals surface area contributed by atoms with Gasteiger partial charge >= 0.3 is 0 Å². The highest BCUT2D eigenvalue weighted by atomic mass is 32.2. The molecule has 0 bridgehead atoms. The van der Waals surface area contributed by atoms with Gasteiger partial charge in [-0.1, -0.05) is 42.8 Å². The number of nitrogens with one attached hydrogen (secondary N) is 1.